The molecule has 0 radical (unpaired) electrons. The van der Waals surface area contributed by atoms with Crippen LogP contribution < -0.4 is 21.1 Å². The van der Waals surface area contributed by atoms with Crippen molar-refractivity contribution in [2.45, 2.75) is 24.5 Å². The summed E-state index contributed by atoms with van der Waals surface area (Å²) in [5.41, 5.74) is 1.27. The molecule has 1 fully saturated rings. The first-order chi connectivity index (χ1) is 14.3. The Labute approximate surface area is 184 Å². The highest BCUT2D eigenvalue weighted by atomic mass is 32.2. The molecule has 10 nitrogen and oxygen atoms in total. The van der Waals surface area contributed by atoms with Crippen LogP contribution in [0.1, 0.15) is 19.3 Å². The third-order valence-electron chi connectivity index (χ3n) is 3.58. The number of rotatable bonds is 8. The quantitative estimate of drug-likeness (QED) is 0.130. The smallest absolute Gasteiger partial charge is 0.163 e. The Morgan fingerprint density at radius 1 is 1.07 bits per heavy atom. The van der Waals surface area contributed by atoms with E-state index in [4.69, 9.17) is 0 Å². The van der Waals surface area contributed by atoms with Gasteiger partial charge in [-0.3, -0.25) is 19.2 Å². The maximum Gasteiger partial charge on any atom is 0.163 e. The first kappa shape index (κ1) is 27.7. The van der Waals surface area contributed by atoms with Gasteiger partial charge in [0.15, 0.2) is 17.3 Å². The van der Waals surface area contributed by atoms with Crippen molar-refractivity contribution in [3.05, 3.63) is 36.1 Å². The molecular formula is C18H24N2O8S2-2. The number of hydrogen-bond acceptors (Lipinski definition) is 12. The number of hydrogen-bond donors (Lipinski definition) is 3. The summed E-state index contributed by atoms with van der Waals surface area (Å²) in [6.45, 7) is 0. The summed E-state index contributed by atoms with van der Waals surface area (Å²) in [4.78, 5) is 49.6. The topological polar surface area (TPSA) is 157 Å². The Bertz CT molecular complexity index is 670. The van der Waals surface area contributed by atoms with Gasteiger partial charge in [0.25, 0.3) is 0 Å². The minimum absolute atomic E-state index is 0.00689. The molecule has 0 bridgehead atoms. The van der Waals surface area contributed by atoms with Crippen molar-refractivity contribution in [3.8, 4) is 0 Å². The van der Waals surface area contributed by atoms with Crippen LogP contribution in [0.3, 0.4) is 0 Å². The Morgan fingerprint density at radius 3 is 1.90 bits per heavy atom. The molecule has 0 aliphatic heterocycles. The van der Waals surface area contributed by atoms with E-state index in [9.17, 15) is 29.7 Å². The molecule has 1 atom stereocenters. The second kappa shape index (κ2) is 16.5. The van der Waals surface area contributed by atoms with Crippen molar-refractivity contribution in [2.24, 2.45) is 0 Å². The third kappa shape index (κ3) is 12.3. The molecule has 2 rings (SSSR count). The van der Waals surface area contributed by atoms with Crippen LogP contribution in [-0.2, 0) is 29.0 Å². The fourth-order valence-corrected chi connectivity index (χ4v) is 3.37. The fraction of sp³-hybridized carbons (Fsp3) is 0.444. The number of carbonyl (C=O) groups is 4. The number of Topliss-reactive ketones (excluding diaryl/α,β-unsaturated/α-hetero) is 2. The predicted octanol–water partition coefficient (Wildman–Crippen LogP) is -1.27. The van der Waals surface area contributed by atoms with Gasteiger partial charge in [0.1, 0.15) is 5.78 Å². The van der Waals surface area contributed by atoms with E-state index in [0.29, 0.717) is 29.3 Å². The SMILES string of the molecule is CN/C(=C\O[O-])CS.CN/C(=C\O[O-])CSC1CC(=O)CC1=O.O=C1C=CC(=O)C1. The summed E-state index contributed by atoms with van der Waals surface area (Å²) in [6, 6.07) is 0. The molecule has 1 unspecified atom stereocenters. The Balaban J connectivity index is 0.000000471. The lowest BCUT2D eigenvalue weighted by Crippen LogP contribution is -2.15. The van der Waals surface area contributed by atoms with Gasteiger partial charge in [-0.2, -0.15) is 12.6 Å². The Hall–Kier alpha value is -2.28. The van der Waals surface area contributed by atoms with Gasteiger partial charge >= 0.3 is 0 Å². The first-order valence-corrected chi connectivity index (χ1v) is 10.3. The Kier molecular flexibility index (Phi) is 15.3. The molecule has 0 saturated heterocycles. The van der Waals surface area contributed by atoms with E-state index in [-0.39, 0.29) is 41.2 Å². The first-order valence-electron chi connectivity index (χ1n) is 8.62. The van der Waals surface area contributed by atoms with Crippen molar-refractivity contribution in [1.29, 1.82) is 0 Å². The molecule has 0 spiro atoms. The van der Waals surface area contributed by atoms with E-state index in [2.05, 4.69) is 33.0 Å². The van der Waals surface area contributed by atoms with Gasteiger partial charge in [-0.25, -0.2) is 0 Å². The molecule has 1 saturated carbocycles. The number of nitrogens with one attached hydrogen (secondary N) is 2. The van der Waals surface area contributed by atoms with Gasteiger partial charge in [-0.15, -0.1) is 11.8 Å². The number of carbonyl (C=O) groups excluding carboxylic acids is 4. The molecule has 0 aromatic rings. The fourth-order valence-electron chi connectivity index (χ4n) is 1.98. The number of thiol groups is 1. The van der Waals surface area contributed by atoms with Crippen molar-refractivity contribution in [1.82, 2.24) is 10.6 Å². The van der Waals surface area contributed by atoms with Crippen LogP contribution in [0.25, 0.3) is 0 Å². The van der Waals surface area contributed by atoms with Gasteiger partial charge < -0.3 is 30.9 Å². The molecule has 2 aliphatic rings. The molecule has 0 heterocycles. The van der Waals surface area contributed by atoms with Gasteiger partial charge in [-0.05, 0) is 12.2 Å². The molecule has 30 heavy (non-hydrogen) atoms. The van der Waals surface area contributed by atoms with E-state index >= 15 is 0 Å². The largest absolute Gasteiger partial charge is 0.664 e. The highest BCUT2D eigenvalue weighted by Gasteiger charge is 2.31. The minimum Gasteiger partial charge on any atom is -0.664 e. The van der Waals surface area contributed by atoms with Crippen LogP contribution in [0, 0.1) is 0 Å². The maximum atomic E-state index is 11.3. The predicted molar refractivity (Wildman–Crippen MR) is 110 cm³/mol. The molecular weight excluding hydrogens is 436 g/mol. The summed E-state index contributed by atoms with van der Waals surface area (Å²) < 4.78 is 0. The van der Waals surface area contributed by atoms with Gasteiger partial charge in [0, 0.05) is 32.0 Å². The highest BCUT2D eigenvalue weighted by Crippen LogP contribution is 2.25. The van der Waals surface area contributed by atoms with Crippen molar-refractivity contribution in [3.63, 3.8) is 0 Å². The van der Waals surface area contributed by atoms with Crippen LogP contribution >= 0.6 is 24.4 Å². The zero-order chi connectivity index (χ0) is 22.9. The van der Waals surface area contributed by atoms with Crippen molar-refractivity contribution >= 4 is 47.5 Å². The van der Waals surface area contributed by atoms with E-state index in [1.807, 2.05) is 0 Å². The van der Waals surface area contributed by atoms with Crippen LogP contribution in [0.5, 0.6) is 0 Å². The maximum absolute atomic E-state index is 11.3. The number of allylic oxidation sites excluding steroid dienone is 2. The monoisotopic (exact) mass is 460 g/mol. The lowest BCUT2D eigenvalue weighted by Gasteiger charge is -2.11. The Morgan fingerprint density at radius 2 is 1.60 bits per heavy atom. The van der Waals surface area contributed by atoms with E-state index in [1.165, 1.54) is 23.9 Å². The molecule has 2 N–H and O–H groups in total. The van der Waals surface area contributed by atoms with Crippen LogP contribution in [0.2, 0.25) is 0 Å². The summed E-state index contributed by atoms with van der Waals surface area (Å²) in [6.07, 6.45) is 5.18. The van der Waals surface area contributed by atoms with E-state index < -0.39 is 0 Å². The van der Waals surface area contributed by atoms with Crippen molar-refractivity contribution < 1.29 is 39.5 Å². The second-order valence-electron chi connectivity index (χ2n) is 5.77. The van der Waals surface area contributed by atoms with Crippen molar-refractivity contribution in [2.75, 3.05) is 25.6 Å². The summed E-state index contributed by atoms with van der Waals surface area (Å²) in [5.74, 6) is 0.757. The number of thioether (sulfide) groups is 1. The van der Waals surface area contributed by atoms with E-state index in [1.54, 1.807) is 14.1 Å². The van der Waals surface area contributed by atoms with Crippen LogP contribution in [0.4, 0.5) is 0 Å². The van der Waals surface area contributed by atoms with Gasteiger partial charge in [-0.1, -0.05) is 0 Å². The zero-order valence-electron chi connectivity index (χ0n) is 16.5. The van der Waals surface area contributed by atoms with E-state index in [0.717, 1.165) is 12.5 Å². The summed E-state index contributed by atoms with van der Waals surface area (Å²) in [5, 5.41) is 24.5. The number of ketones is 4. The average Bonchev–Trinajstić information content (AvgIpc) is 3.26. The van der Waals surface area contributed by atoms with Gasteiger partial charge in [0.05, 0.1) is 42.0 Å². The molecule has 2 aliphatic carbocycles. The van der Waals surface area contributed by atoms with Gasteiger partial charge in [0.2, 0.25) is 0 Å². The second-order valence-corrected chi connectivity index (χ2v) is 7.27. The lowest BCUT2D eigenvalue weighted by atomic mass is 10.3. The molecule has 168 valence electrons. The lowest BCUT2D eigenvalue weighted by molar-refractivity contribution is -0.665. The van der Waals surface area contributed by atoms with Crippen LogP contribution in [-0.4, -0.2) is 54.0 Å². The minimum atomic E-state index is -0.263. The molecule has 0 aromatic carbocycles. The molecule has 0 amide bonds. The standard InChI is InChI=1S/C9H13NO4S.C5H4O2.C4H9NO2S/c1-10-6(4-14-13)5-15-9-3-7(11)2-8(9)12;6-4-1-2-5(7)3-4;1-5-4(3-8)2-7-6/h4,9-10,13H,2-3,5H2,1H3;1-2H,3H2;2,5-6,8H,3H2,1H3/p-2/b6-4-;;4-2-. The van der Waals surface area contributed by atoms with Crippen LogP contribution in [0.15, 0.2) is 36.1 Å². The molecule has 0 aromatic heterocycles. The zero-order valence-corrected chi connectivity index (χ0v) is 18.3. The third-order valence-corrected chi connectivity index (χ3v) is 5.23. The molecule has 12 heteroatoms. The highest BCUT2D eigenvalue weighted by molar-refractivity contribution is 8.00. The normalized spacial score (nSPS) is 18.4. The summed E-state index contributed by atoms with van der Waals surface area (Å²) >= 11 is 5.23. The average molecular weight is 461 g/mol. The summed E-state index contributed by atoms with van der Waals surface area (Å²) in [7, 11) is 3.36.